The number of nitrogens with zero attached hydrogens (tertiary/aromatic N) is 3. The maximum absolute atomic E-state index is 12.2. The second-order valence-corrected chi connectivity index (χ2v) is 7.24. The first-order valence-corrected chi connectivity index (χ1v) is 9.44. The Labute approximate surface area is 148 Å². The zero-order chi connectivity index (χ0) is 17.2. The molecule has 1 aliphatic rings. The van der Waals surface area contributed by atoms with Crippen LogP contribution in [-0.4, -0.2) is 66.5 Å². The number of nitrogens with one attached hydrogen (secondary N) is 2. The second-order valence-electron chi connectivity index (χ2n) is 5.83. The molecular formula is C17H27N5OS. The number of aromatic nitrogens is 1. The predicted octanol–water partition coefficient (Wildman–Crippen LogP) is 1.14. The summed E-state index contributed by atoms with van der Waals surface area (Å²) in [5, 5.41) is 7.05. The second kappa shape index (κ2) is 10.2. The van der Waals surface area contributed by atoms with Gasteiger partial charge in [0.1, 0.15) is 0 Å². The third kappa shape index (κ3) is 6.39. The molecule has 2 N–H and O–H groups in total. The molecule has 24 heavy (non-hydrogen) atoms. The van der Waals surface area contributed by atoms with E-state index >= 15 is 0 Å². The van der Waals surface area contributed by atoms with Gasteiger partial charge in [-0.1, -0.05) is 6.07 Å². The molecule has 0 bridgehead atoms. The van der Waals surface area contributed by atoms with E-state index in [1.807, 2.05) is 37.0 Å². The van der Waals surface area contributed by atoms with Crippen LogP contribution in [0.15, 0.2) is 29.4 Å². The van der Waals surface area contributed by atoms with Crippen molar-refractivity contribution in [1.82, 2.24) is 20.5 Å². The largest absolute Gasteiger partial charge is 0.355 e. The zero-order valence-corrected chi connectivity index (χ0v) is 15.3. The maximum Gasteiger partial charge on any atom is 0.241 e. The number of carbonyl (C=O) groups is 1. The summed E-state index contributed by atoms with van der Waals surface area (Å²) < 4.78 is 0. The SMILES string of the molecule is CN=C(NCC(=O)N(C)CCc1ccccn1)NCC1CCCS1. The van der Waals surface area contributed by atoms with Crippen molar-refractivity contribution in [2.24, 2.45) is 4.99 Å². The fraction of sp³-hybridized carbons (Fsp3) is 0.588. The van der Waals surface area contributed by atoms with E-state index in [0.717, 1.165) is 18.7 Å². The van der Waals surface area contributed by atoms with Crippen LogP contribution >= 0.6 is 11.8 Å². The van der Waals surface area contributed by atoms with Crippen LogP contribution in [0, 0.1) is 0 Å². The molecule has 7 heteroatoms. The third-order valence-corrected chi connectivity index (χ3v) is 5.41. The lowest BCUT2D eigenvalue weighted by Gasteiger charge is -2.19. The van der Waals surface area contributed by atoms with Gasteiger partial charge in [0.15, 0.2) is 5.96 Å². The normalized spacial score (nSPS) is 17.6. The summed E-state index contributed by atoms with van der Waals surface area (Å²) >= 11 is 2.00. The first-order valence-electron chi connectivity index (χ1n) is 8.39. The van der Waals surface area contributed by atoms with Crippen molar-refractivity contribution in [1.29, 1.82) is 0 Å². The van der Waals surface area contributed by atoms with E-state index in [1.54, 1.807) is 18.1 Å². The summed E-state index contributed by atoms with van der Waals surface area (Å²) in [6.45, 7) is 1.80. The number of amides is 1. The van der Waals surface area contributed by atoms with Crippen LogP contribution in [0.4, 0.5) is 0 Å². The minimum Gasteiger partial charge on any atom is -0.355 e. The van der Waals surface area contributed by atoms with E-state index in [9.17, 15) is 4.79 Å². The van der Waals surface area contributed by atoms with E-state index in [1.165, 1.54) is 18.6 Å². The first kappa shape index (κ1) is 18.6. The Morgan fingerprint density at radius 1 is 1.46 bits per heavy atom. The lowest BCUT2D eigenvalue weighted by Crippen LogP contribution is -2.45. The smallest absolute Gasteiger partial charge is 0.241 e. The van der Waals surface area contributed by atoms with Gasteiger partial charge in [0.05, 0.1) is 6.54 Å². The molecule has 1 aromatic heterocycles. The van der Waals surface area contributed by atoms with Gasteiger partial charge in [-0.2, -0.15) is 11.8 Å². The summed E-state index contributed by atoms with van der Waals surface area (Å²) in [6, 6.07) is 5.83. The zero-order valence-electron chi connectivity index (χ0n) is 14.5. The van der Waals surface area contributed by atoms with E-state index in [2.05, 4.69) is 20.6 Å². The molecular weight excluding hydrogens is 322 g/mol. The number of carbonyl (C=O) groups excluding carboxylic acids is 1. The number of thioether (sulfide) groups is 1. The number of guanidine groups is 1. The number of rotatable bonds is 7. The van der Waals surface area contributed by atoms with Crippen molar-refractivity contribution in [2.75, 3.05) is 39.5 Å². The van der Waals surface area contributed by atoms with E-state index in [0.29, 0.717) is 17.8 Å². The topological polar surface area (TPSA) is 69.6 Å². The summed E-state index contributed by atoms with van der Waals surface area (Å²) in [6.07, 6.45) is 5.08. The highest BCUT2D eigenvalue weighted by atomic mass is 32.2. The number of pyridine rings is 1. The Bertz CT molecular complexity index is 531. The minimum atomic E-state index is 0.0455. The molecule has 1 fully saturated rings. The van der Waals surface area contributed by atoms with Gasteiger partial charge in [0, 0.05) is 50.7 Å². The Kier molecular flexibility index (Phi) is 7.88. The van der Waals surface area contributed by atoms with Gasteiger partial charge in [-0.15, -0.1) is 0 Å². The van der Waals surface area contributed by atoms with E-state index in [-0.39, 0.29) is 12.5 Å². The quantitative estimate of drug-likeness (QED) is 0.571. The van der Waals surface area contributed by atoms with Crippen LogP contribution in [0.3, 0.4) is 0 Å². The van der Waals surface area contributed by atoms with Gasteiger partial charge in [-0.3, -0.25) is 14.8 Å². The molecule has 1 saturated heterocycles. The number of hydrogen-bond donors (Lipinski definition) is 2. The van der Waals surface area contributed by atoms with Crippen molar-refractivity contribution in [3.63, 3.8) is 0 Å². The van der Waals surface area contributed by atoms with E-state index < -0.39 is 0 Å². The van der Waals surface area contributed by atoms with Crippen LogP contribution in [0.1, 0.15) is 18.5 Å². The first-order chi connectivity index (χ1) is 11.7. The van der Waals surface area contributed by atoms with Crippen LogP contribution in [0.2, 0.25) is 0 Å². The maximum atomic E-state index is 12.2. The van der Waals surface area contributed by atoms with E-state index in [4.69, 9.17) is 0 Å². The monoisotopic (exact) mass is 349 g/mol. The van der Waals surface area contributed by atoms with Crippen molar-refractivity contribution in [3.8, 4) is 0 Å². The van der Waals surface area contributed by atoms with Gasteiger partial charge in [0.2, 0.25) is 5.91 Å². The lowest BCUT2D eigenvalue weighted by molar-refractivity contribution is -0.128. The molecule has 2 rings (SSSR count). The van der Waals surface area contributed by atoms with Crippen molar-refractivity contribution < 1.29 is 4.79 Å². The molecule has 1 atom stereocenters. The standard InChI is InChI=1S/C17H27N5OS/c1-18-17(20-12-15-7-5-11-24-15)21-13-16(23)22(2)10-8-14-6-3-4-9-19-14/h3-4,6,9,15H,5,7-8,10-13H2,1-2H3,(H2,18,20,21). The third-order valence-electron chi connectivity index (χ3n) is 4.01. The number of aliphatic imine (C=N–C) groups is 1. The number of likely N-dealkylation sites (N-methyl/N-ethyl adjacent to an activating group) is 1. The molecule has 0 aromatic carbocycles. The molecule has 132 valence electrons. The molecule has 0 saturated carbocycles. The van der Waals surface area contributed by atoms with Crippen LogP contribution in [0.5, 0.6) is 0 Å². The fourth-order valence-corrected chi connectivity index (χ4v) is 3.68. The average Bonchev–Trinajstić information content (AvgIpc) is 3.14. The predicted molar refractivity (Wildman–Crippen MR) is 100 cm³/mol. The molecule has 1 aromatic rings. The number of hydrogen-bond acceptors (Lipinski definition) is 4. The fourth-order valence-electron chi connectivity index (χ4n) is 2.48. The average molecular weight is 350 g/mol. The summed E-state index contributed by atoms with van der Waals surface area (Å²) in [4.78, 5) is 22.4. The van der Waals surface area contributed by atoms with Crippen molar-refractivity contribution >= 4 is 23.6 Å². The van der Waals surface area contributed by atoms with Crippen LogP contribution in [-0.2, 0) is 11.2 Å². The van der Waals surface area contributed by atoms with Crippen molar-refractivity contribution in [3.05, 3.63) is 30.1 Å². The lowest BCUT2D eigenvalue weighted by atomic mass is 10.2. The Morgan fingerprint density at radius 2 is 2.33 bits per heavy atom. The molecule has 0 spiro atoms. The van der Waals surface area contributed by atoms with Gasteiger partial charge in [-0.25, -0.2) is 0 Å². The Balaban J connectivity index is 1.66. The van der Waals surface area contributed by atoms with Gasteiger partial charge < -0.3 is 15.5 Å². The van der Waals surface area contributed by atoms with Crippen molar-refractivity contribution in [2.45, 2.75) is 24.5 Å². The highest BCUT2D eigenvalue weighted by Crippen LogP contribution is 2.25. The highest BCUT2D eigenvalue weighted by molar-refractivity contribution is 8.00. The Morgan fingerprint density at radius 3 is 3.00 bits per heavy atom. The summed E-state index contributed by atoms with van der Waals surface area (Å²) in [7, 11) is 3.55. The summed E-state index contributed by atoms with van der Waals surface area (Å²) in [5.41, 5.74) is 0.997. The molecule has 0 aliphatic carbocycles. The molecule has 1 aliphatic heterocycles. The molecule has 1 unspecified atom stereocenters. The van der Waals surface area contributed by atoms with Crippen LogP contribution in [0.25, 0.3) is 0 Å². The van der Waals surface area contributed by atoms with Gasteiger partial charge in [0.25, 0.3) is 0 Å². The molecule has 6 nitrogen and oxygen atoms in total. The minimum absolute atomic E-state index is 0.0455. The molecule has 1 amide bonds. The summed E-state index contributed by atoms with van der Waals surface area (Å²) in [5.74, 6) is 1.98. The van der Waals surface area contributed by atoms with Crippen LogP contribution < -0.4 is 10.6 Å². The molecule has 0 radical (unpaired) electrons. The van der Waals surface area contributed by atoms with Gasteiger partial charge in [-0.05, 0) is 30.7 Å². The Hall–Kier alpha value is -1.76. The molecule has 2 heterocycles. The van der Waals surface area contributed by atoms with Gasteiger partial charge >= 0.3 is 0 Å². The highest BCUT2D eigenvalue weighted by Gasteiger charge is 2.16.